The summed E-state index contributed by atoms with van der Waals surface area (Å²) in [6.45, 7) is 1.06. The number of halogens is 3. The number of aliphatic imine (C=N–C) groups is 1. The molecule has 0 aromatic heterocycles. The van der Waals surface area contributed by atoms with E-state index in [1.165, 1.54) is 12.1 Å². The number of esters is 1. The van der Waals surface area contributed by atoms with Crippen LogP contribution >= 0.6 is 0 Å². The van der Waals surface area contributed by atoms with Gasteiger partial charge < -0.3 is 9.84 Å². The number of methoxy groups -OCH3 is 1. The Morgan fingerprint density at radius 3 is 2.37 bits per heavy atom. The molecule has 2 unspecified atom stereocenters. The summed E-state index contributed by atoms with van der Waals surface area (Å²) in [5.74, 6) is -6.56. The molecule has 0 radical (unpaired) electrons. The number of carbonyl (C=O) groups excluding carboxylic acids is 1. The minimum atomic E-state index is -5.10. The Morgan fingerprint density at radius 2 is 1.89 bits per heavy atom. The Hall–Kier alpha value is -3.24. The van der Waals surface area contributed by atoms with Gasteiger partial charge in [-0.05, 0) is 6.92 Å². The highest BCUT2D eigenvalue weighted by Gasteiger charge is 2.50. The molecule has 1 aromatic rings. The van der Waals surface area contributed by atoms with Crippen molar-refractivity contribution >= 4 is 23.3 Å². The summed E-state index contributed by atoms with van der Waals surface area (Å²) < 4.78 is 44.9. The van der Waals surface area contributed by atoms with Crippen LogP contribution in [-0.2, 0) is 14.3 Å². The van der Waals surface area contributed by atoms with E-state index in [0.29, 0.717) is 0 Å². The van der Waals surface area contributed by atoms with Gasteiger partial charge in [0.05, 0.1) is 17.6 Å². The number of nitrogens with zero attached hydrogens (tertiary/aromatic N) is 2. The number of para-hydroxylation sites is 1. The highest BCUT2D eigenvalue weighted by atomic mass is 19.4. The summed E-state index contributed by atoms with van der Waals surface area (Å²) in [6, 6.07) is 4.68. The molecule has 2 rings (SSSR count). The zero-order valence-electron chi connectivity index (χ0n) is 14.0. The molecule has 0 saturated carbocycles. The molecule has 1 heterocycles. The molecule has 27 heavy (non-hydrogen) atoms. The third-order valence-electron chi connectivity index (χ3n) is 4.05. The number of carboxylic acids is 1. The standard InChI is InChI=1S/C16H13F3N2O6/c1-7-10(14(22)23)11(8-5-3-4-6-9(8)21(25)26)12(15(24)27-2)13(20-7)16(17,18)19/h3-6,10-11H,1-2H3,(H,22,23). The summed E-state index contributed by atoms with van der Waals surface area (Å²) in [5, 5.41) is 20.8. The second-order valence-corrected chi connectivity index (χ2v) is 5.61. The Morgan fingerprint density at radius 1 is 1.30 bits per heavy atom. The van der Waals surface area contributed by atoms with Gasteiger partial charge in [-0.25, -0.2) is 4.79 Å². The first-order chi connectivity index (χ1) is 12.5. The van der Waals surface area contributed by atoms with Crippen LogP contribution in [0.3, 0.4) is 0 Å². The first kappa shape index (κ1) is 20.1. The van der Waals surface area contributed by atoms with Crippen LogP contribution < -0.4 is 0 Å². The molecule has 8 nitrogen and oxygen atoms in total. The number of benzene rings is 1. The minimum absolute atomic E-state index is 0.355. The van der Waals surface area contributed by atoms with Gasteiger partial charge in [-0.15, -0.1) is 0 Å². The van der Waals surface area contributed by atoms with Gasteiger partial charge in [0, 0.05) is 23.3 Å². The van der Waals surface area contributed by atoms with Gasteiger partial charge in [0.2, 0.25) is 0 Å². The van der Waals surface area contributed by atoms with Crippen molar-refractivity contribution in [3.8, 4) is 0 Å². The van der Waals surface area contributed by atoms with Gasteiger partial charge in [0.25, 0.3) is 5.69 Å². The second-order valence-electron chi connectivity index (χ2n) is 5.61. The fraction of sp³-hybridized carbons (Fsp3) is 0.312. The molecule has 1 aliphatic heterocycles. The third-order valence-corrected chi connectivity index (χ3v) is 4.05. The van der Waals surface area contributed by atoms with E-state index < -0.39 is 57.5 Å². The van der Waals surface area contributed by atoms with Crippen LogP contribution in [-0.4, -0.2) is 41.0 Å². The molecule has 0 saturated heterocycles. The average Bonchev–Trinajstić information content (AvgIpc) is 2.58. The fourth-order valence-corrected chi connectivity index (χ4v) is 2.98. The van der Waals surface area contributed by atoms with Gasteiger partial charge in [-0.1, -0.05) is 18.2 Å². The molecule has 144 valence electrons. The molecule has 0 spiro atoms. The molecule has 2 atom stereocenters. The molecule has 1 N–H and O–H groups in total. The van der Waals surface area contributed by atoms with Crippen LogP contribution in [0.25, 0.3) is 0 Å². The van der Waals surface area contributed by atoms with E-state index in [9.17, 15) is 38.0 Å². The number of aliphatic carboxylic acids is 1. The smallest absolute Gasteiger partial charge is 0.433 e. The van der Waals surface area contributed by atoms with Crippen molar-refractivity contribution in [1.29, 1.82) is 0 Å². The van der Waals surface area contributed by atoms with Crippen LogP contribution in [0.4, 0.5) is 18.9 Å². The predicted octanol–water partition coefficient (Wildman–Crippen LogP) is 2.84. The number of rotatable bonds is 4. The topological polar surface area (TPSA) is 119 Å². The Bertz CT molecular complexity index is 875. The molecular weight excluding hydrogens is 373 g/mol. The van der Waals surface area contributed by atoms with E-state index in [0.717, 1.165) is 26.2 Å². The minimum Gasteiger partial charge on any atom is -0.481 e. The van der Waals surface area contributed by atoms with E-state index in [4.69, 9.17) is 0 Å². The Kier molecular flexibility index (Phi) is 5.33. The lowest BCUT2D eigenvalue weighted by molar-refractivity contribution is -0.385. The summed E-state index contributed by atoms with van der Waals surface area (Å²) in [4.78, 5) is 37.6. The molecular formula is C16H13F3N2O6. The molecule has 1 aromatic carbocycles. The molecule has 0 bridgehead atoms. The van der Waals surface area contributed by atoms with Crippen molar-refractivity contribution in [3.05, 3.63) is 51.2 Å². The lowest BCUT2D eigenvalue weighted by Gasteiger charge is -2.31. The predicted molar refractivity (Wildman–Crippen MR) is 85.2 cm³/mol. The number of nitro benzene ring substituents is 1. The lowest BCUT2D eigenvalue weighted by atomic mass is 9.75. The van der Waals surface area contributed by atoms with E-state index in [2.05, 4.69) is 9.73 Å². The van der Waals surface area contributed by atoms with Crippen molar-refractivity contribution in [2.45, 2.75) is 19.0 Å². The van der Waals surface area contributed by atoms with Crippen LogP contribution in [0.5, 0.6) is 0 Å². The van der Waals surface area contributed by atoms with Crippen LogP contribution in [0.2, 0.25) is 0 Å². The van der Waals surface area contributed by atoms with Crippen LogP contribution in [0, 0.1) is 16.0 Å². The van der Waals surface area contributed by atoms with E-state index >= 15 is 0 Å². The van der Waals surface area contributed by atoms with Gasteiger partial charge in [-0.2, -0.15) is 13.2 Å². The highest BCUT2D eigenvalue weighted by molar-refractivity contribution is 6.06. The van der Waals surface area contributed by atoms with Gasteiger partial charge in [0.15, 0.2) is 5.70 Å². The van der Waals surface area contributed by atoms with Crippen molar-refractivity contribution in [1.82, 2.24) is 0 Å². The van der Waals surface area contributed by atoms with Crippen LogP contribution in [0.1, 0.15) is 18.4 Å². The normalized spacial score (nSPS) is 20.1. The maximum atomic E-state index is 13.5. The van der Waals surface area contributed by atoms with E-state index in [-0.39, 0.29) is 5.56 Å². The number of nitro groups is 1. The Labute approximate surface area is 150 Å². The summed E-state index contributed by atoms with van der Waals surface area (Å²) in [5.41, 5.74) is -4.13. The van der Waals surface area contributed by atoms with Crippen molar-refractivity contribution in [3.63, 3.8) is 0 Å². The number of allylic oxidation sites excluding steroid dienone is 1. The first-order valence-corrected chi connectivity index (χ1v) is 7.41. The van der Waals surface area contributed by atoms with Gasteiger partial charge in [0.1, 0.15) is 5.92 Å². The molecule has 11 heteroatoms. The van der Waals surface area contributed by atoms with E-state index in [1.807, 2.05) is 0 Å². The molecule has 0 amide bonds. The number of carboxylic acid groups (broad SMARTS) is 1. The van der Waals surface area contributed by atoms with E-state index in [1.54, 1.807) is 0 Å². The van der Waals surface area contributed by atoms with Gasteiger partial charge >= 0.3 is 18.1 Å². The molecule has 0 fully saturated rings. The fourth-order valence-electron chi connectivity index (χ4n) is 2.98. The third kappa shape index (κ3) is 3.66. The maximum Gasteiger partial charge on any atom is 0.433 e. The largest absolute Gasteiger partial charge is 0.481 e. The molecule has 0 aliphatic carbocycles. The number of hydrogen-bond donors (Lipinski definition) is 1. The molecule has 1 aliphatic rings. The van der Waals surface area contributed by atoms with Gasteiger partial charge in [-0.3, -0.25) is 19.9 Å². The second kappa shape index (κ2) is 7.17. The number of carbonyl (C=O) groups is 2. The highest BCUT2D eigenvalue weighted by Crippen LogP contribution is 2.46. The average molecular weight is 386 g/mol. The van der Waals surface area contributed by atoms with Crippen molar-refractivity contribution in [2.24, 2.45) is 10.9 Å². The zero-order chi connectivity index (χ0) is 20.5. The SMILES string of the molecule is COC(=O)C1=C(C(F)(F)F)N=C(C)C(C(=O)O)C1c1ccccc1[N+](=O)[O-]. The van der Waals surface area contributed by atoms with Crippen molar-refractivity contribution < 1.29 is 37.5 Å². The number of ether oxygens (including phenoxy) is 1. The monoisotopic (exact) mass is 386 g/mol. The zero-order valence-corrected chi connectivity index (χ0v) is 14.0. The summed E-state index contributed by atoms with van der Waals surface area (Å²) >= 11 is 0. The summed E-state index contributed by atoms with van der Waals surface area (Å²) in [6.07, 6.45) is -5.10. The quantitative estimate of drug-likeness (QED) is 0.483. The number of alkyl halides is 3. The van der Waals surface area contributed by atoms with Crippen molar-refractivity contribution in [2.75, 3.05) is 7.11 Å². The lowest BCUT2D eigenvalue weighted by Crippen LogP contribution is -2.38. The van der Waals surface area contributed by atoms with Crippen LogP contribution in [0.15, 0.2) is 40.5 Å². The Balaban J connectivity index is 2.92. The summed E-state index contributed by atoms with van der Waals surface area (Å²) in [7, 11) is 0.820. The first-order valence-electron chi connectivity index (χ1n) is 7.41. The number of hydrogen-bond acceptors (Lipinski definition) is 6. The maximum absolute atomic E-state index is 13.5.